The summed E-state index contributed by atoms with van der Waals surface area (Å²) in [5, 5.41) is 0. The van der Waals surface area contributed by atoms with Gasteiger partial charge >= 0.3 is 7.25 Å². The van der Waals surface area contributed by atoms with Crippen molar-refractivity contribution >= 4 is 18.7 Å². The number of rotatable bonds is 2. The first-order valence-electron chi connectivity index (χ1n) is 7.39. The number of benzene rings is 2. The first-order valence-corrected chi connectivity index (χ1v) is 7.39. The van der Waals surface area contributed by atoms with Gasteiger partial charge in [0.1, 0.15) is 5.71 Å². The van der Waals surface area contributed by atoms with Gasteiger partial charge in [0.15, 0.2) is 0 Å². The molecule has 2 aromatic carbocycles. The average Bonchev–Trinajstić information content (AvgIpc) is 2.83. The second-order valence-corrected chi connectivity index (χ2v) is 5.75. The van der Waals surface area contributed by atoms with Crippen molar-refractivity contribution in [3.05, 3.63) is 71.8 Å². The van der Waals surface area contributed by atoms with Gasteiger partial charge in [-0.05, 0) is 12.1 Å². The molecular weight excluding hydrogens is 319 g/mol. The van der Waals surface area contributed by atoms with E-state index in [0.29, 0.717) is 0 Å². The lowest BCUT2D eigenvalue weighted by molar-refractivity contribution is -0.535. The second-order valence-electron chi connectivity index (χ2n) is 5.75. The molecule has 0 unspecified atom stereocenters. The van der Waals surface area contributed by atoms with Gasteiger partial charge in [0, 0.05) is 25.0 Å². The molecule has 2 aromatic rings. The van der Waals surface area contributed by atoms with Crippen LogP contribution in [0.5, 0.6) is 0 Å². The van der Waals surface area contributed by atoms with E-state index in [1.54, 1.807) is 0 Å². The van der Waals surface area contributed by atoms with Crippen molar-refractivity contribution in [2.45, 2.75) is 19.5 Å². The summed E-state index contributed by atoms with van der Waals surface area (Å²) in [5.74, 6) is 0. The second kappa shape index (κ2) is 6.99. The minimum Gasteiger partial charge on any atom is -0.418 e. The van der Waals surface area contributed by atoms with E-state index in [4.69, 9.17) is 4.99 Å². The Balaban J connectivity index is 0.000000368. The lowest BCUT2D eigenvalue weighted by atomic mass is 10.0. The molecule has 2 nitrogen and oxygen atoms in total. The fourth-order valence-electron chi connectivity index (χ4n) is 2.35. The lowest BCUT2D eigenvalue weighted by Crippen LogP contribution is -2.82. The van der Waals surface area contributed by atoms with Gasteiger partial charge in [-0.3, -0.25) is 0 Å². The molecule has 0 fully saturated rings. The number of halogens is 4. The summed E-state index contributed by atoms with van der Waals surface area (Å²) in [5.41, 5.74) is 4.22. The Morgan fingerprint density at radius 1 is 0.792 bits per heavy atom. The highest BCUT2D eigenvalue weighted by atomic mass is 19.5. The van der Waals surface area contributed by atoms with E-state index in [-0.39, 0.29) is 5.66 Å². The van der Waals surface area contributed by atoms with E-state index in [0.717, 1.165) is 17.0 Å². The topological polar surface area (TPSA) is 26.3 Å². The predicted octanol–water partition coefficient (Wildman–Crippen LogP) is 3.10. The van der Waals surface area contributed by atoms with Crippen LogP contribution in [0, 0.1) is 0 Å². The molecule has 126 valence electrons. The fourth-order valence-corrected chi connectivity index (χ4v) is 2.35. The zero-order valence-corrected chi connectivity index (χ0v) is 13.3. The molecule has 0 saturated heterocycles. The summed E-state index contributed by atoms with van der Waals surface area (Å²) in [6.45, 7) is 4.18. The Bertz CT molecular complexity index is 675. The van der Waals surface area contributed by atoms with Crippen LogP contribution >= 0.6 is 0 Å². The van der Waals surface area contributed by atoms with Gasteiger partial charge in [-0.2, -0.15) is 0 Å². The highest BCUT2D eigenvalue weighted by Gasteiger charge is 2.35. The van der Waals surface area contributed by atoms with Gasteiger partial charge in [-0.25, -0.2) is 9.98 Å². The van der Waals surface area contributed by atoms with Crippen molar-refractivity contribution in [1.82, 2.24) is 0 Å². The van der Waals surface area contributed by atoms with Crippen LogP contribution in [0.4, 0.5) is 17.3 Å². The van der Waals surface area contributed by atoms with Crippen LogP contribution in [-0.4, -0.2) is 24.3 Å². The smallest absolute Gasteiger partial charge is 0.418 e. The summed E-state index contributed by atoms with van der Waals surface area (Å²) < 4.78 is 39.0. The fraction of sp³-hybridized carbons (Fsp3) is 0.176. The SMILES string of the molecule is CC1(C)N=C(c2ccccc2)C(c2ccccc2)=[NH+]1.F[B-](F)(F)F. The van der Waals surface area contributed by atoms with Crippen molar-refractivity contribution in [2.75, 3.05) is 0 Å². The van der Waals surface area contributed by atoms with Crippen LogP contribution in [0.3, 0.4) is 0 Å². The third-order valence-electron chi connectivity index (χ3n) is 3.17. The Morgan fingerprint density at radius 2 is 1.21 bits per heavy atom. The third-order valence-corrected chi connectivity index (χ3v) is 3.17. The van der Waals surface area contributed by atoms with E-state index < -0.39 is 7.25 Å². The molecular formula is C17H17BF4N2. The van der Waals surface area contributed by atoms with E-state index in [1.807, 2.05) is 24.3 Å². The van der Waals surface area contributed by atoms with E-state index in [2.05, 4.69) is 55.2 Å². The van der Waals surface area contributed by atoms with Crippen LogP contribution in [-0.2, 0) is 0 Å². The molecule has 0 aromatic heterocycles. The Morgan fingerprint density at radius 3 is 1.67 bits per heavy atom. The van der Waals surface area contributed by atoms with Gasteiger partial charge in [-0.1, -0.05) is 48.5 Å². The van der Waals surface area contributed by atoms with Crippen molar-refractivity contribution in [2.24, 2.45) is 4.99 Å². The molecule has 0 bridgehead atoms. The molecule has 24 heavy (non-hydrogen) atoms. The Kier molecular flexibility index (Phi) is 5.21. The number of hydrogen-bond donors (Lipinski definition) is 1. The molecule has 1 N–H and O–H groups in total. The number of hydrogen-bond acceptors (Lipinski definition) is 1. The zero-order valence-electron chi connectivity index (χ0n) is 13.3. The van der Waals surface area contributed by atoms with Crippen LogP contribution in [0.1, 0.15) is 25.0 Å². The molecule has 3 rings (SSSR count). The Hall–Kier alpha value is -2.44. The first-order chi connectivity index (χ1) is 11.2. The maximum absolute atomic E-state index is 9.75. The van der Waals surface area contributed by atoms with E-state index >= 15 is 0 Å². The van der Waals surface area contributed by atoms with Gasteiger partial charge in [0.2, 0.25) is 11.4 Å². The molecule has 0 aliphatic carbocycles. The highest BCUT2D eigenvalue weighted by Crippen LogP contribution is 2.14. The van der Waals surface area contributed by atoms with Crippen molar-refractivity contribution in [3.63, 3.8) is 0 Å². The molecule has 0 amide bonds. The number of nitrogens with zero attached hydrogens (tertiary/aromatic N) is 1. The predicted molar refractivity (Wildman–Crippen MR) is 88.8 cm³/mol. The van der Waals surface area contributed by atoms with Crippen molar-refractivity contribution < 1.29 is 22.3 Å². The monoisotopic (exact) mass is 336 g/mol. The molecule has 0 saturated carbocycles. The number of nitrogens with one attached hydrogen (secondary N) is 1. The maximum Gasteiger partial charge on any atom is 0.673 e. The third kappa shape index (κ3) is 5.33. The maximum atomic E-state index is 9.75. The quantitative estimate of drug-likeness (QED) is 0.645. The molecule has 1 aliphatic heterocycles. The van der Waals surface area contributed by atoms with E-state index in [1.165, 1.54) is 5.56 Å². The summed E-state index contributed by atoms with van der Waals surface area (Å²) in [4.78, 5) is 8.33. The average molecular weight is 336 g/mol. The molecule has 7 heteroatoms. The molecule has 0 spiro atoms. The van der Waals surface area contributed by atoms with E-state index in [9.17, 15) is 17.3 Å². The van der Waals surface area contributed by atoms with Crippen LogP contribution in [0.15, 0.2) is 65.7 Å². The molecule has 0 atom stereocenters. The standard InChI is InChI=1S/C17H16N2.BF4/c1-17(2)18-15(13-9-5-3-6-10-13)16(19-17)14-11-7-4-8-12-14;2-1(3,4)5/h3-12H,1-2H3;/q;-1/p+1. The van der Waals surface area contributed by atoms with Crippen molar-refractivity contribution in [3.8, 4) is 0 Å². The van der Waals surface area contributed by atoms with Gasteiger partial charge in [0.25, 0.3) is 0 Å². The van der Waals surface area contributed by atoms with Gasteiger partial charge in [0.05, 0.1) is 0 Å². The van der Waals surface area contributed by atoms with Crippen LogP contribution in [0.2, 0.25) is 0 Å². The molecule has 1 aliphatic rings. The normalized spacial score (nSPS) is 15.9. The van der Waals surface area contributed by atoms with Crippen LogP contribution in [0.25, 0.3) is 0 Å². The largest absolute Gasteiger partial charge is 0.673 e. The molecule has 1 heterocycles. The summed E-state index contributed by atoms with van der Waals surface area (Å²) in [6, 6.07) is 20.7. The summed E-state index contributed by atoms with van der Waals surface area (Å²) in [6.07, 6.45) is 0. The Labute approximate surface area is 138 Å². The first kappa shape index (κ1) is 17.9. The number of aliphatic imine (C=N–C) groups is 1. The van der Waals surface area contributed by atoms with Crippen molar-refractivity contribution in [1.29, 1.82) is 0 Å². The minimum atomic E-state index is -6.00. The summed E-state index contributed by atoms with van der Waals surface area (Å²) >= 11 is 0. The van der Waals surface area contributed by atoms with Gasteiger partial charge in [-0.15, -0.1) is 0 Å². The summed E-state index contributed by atoms with van der Waals surface area (Å²) in [7, 11) is -6.00. The minimum absolute atomic E-state index is 0.254. The van der Waals surface area contributed by atoms with Crippen LogP contribution < -0.4 is 4.99 Å². The van der Waals surface area contributed by atoms with Gasteiger partial charge < -0.3 is 17.3 Å². The highest BCUT2D eigenvalue weighted by molar-refractivity contribution is 6.52. The lowest BCUT2D eigenvalue weighted by Gasteiger charge is -2.01. The zero-order chi connectivity index (χ0) is 17.8. The molecule has 0 radical (unpaired) electrons.